The quantitative estimate of drug-likeness (QED) is 0.475. The first-order chi connectivity index (χ1) is 10.1. The largest absolute Gasteiger partial charge is 0.341 e. The van der Waals surface area contributed by atoms with E-state index >= 15 is 0 Å². The Labute approximate surface area is 123 Å². The first-order valence-corrected chi connectivity index (χ1v) is 6.64. The van der Waals surface area contributed by atoms with Crippen LogP contribution in [0, 0.1) is 17.0 Å². The van der Waals surface area contributed by atoms with E-state index in [1.54, 1.807) is 6.07 Å². The zero-order chi connectivity index (χ0) is 15.4. The Bertz CT molecular complexity index is 683. The molecule has 5 heteroatoms. The Balaban J connectivity index is 2.52. The molecular weight excluding hydrogens is 268 g/mol. The molecule has 0 aliphatic carbocycles. The lowest BCUT2D eigenvalue weighted by atomic mass is 10.1. The van der Waals surface area contributed by atoms with Gasteiger partial charge in [0.05, 0.1) is 10.6 Å². The molecule has 0 N–H and O–H groups in total. The van der Waals surface area contributed by atoms with Gasteiger partial charge in [0.25, 0.3) is 5.69 Å². The lowest BCUT2D eigenvalue weighted by Gasteiger charge is -2.25. The van der Waals surface area contributed by atoms with Gasteiger partial charge in [-0.1, -0.05) is 12.1 Å². The summed E-state index contributed by atoms with van der Waals surface area (Å²) in [6.07, 6.45) is 0.654. The number of aldehydes is 1. The van der Waals surface area contributed by atoms with E-state index in [9.17, 15) is 14.9 Å². The van der Waals surface area contributed by atoms with E-state index in [1.807, 2.05) is 43.0 Å². The molecule has 108 valence electrons. The number of hydrogen-bond donors (Lipinski definition) is 0. The van der Waals surface area contributed by atoms with Crippen molar-refractivity contribution in [2.45, 2.75) is 13.8 Å². The van der Waals surface area contributed by atoms with Gasteiger partial charge in [0.1, 0.15) is 0 Å². The third-order valence-electron chi connectivity index (χ3n) is 3.27. The van der Waals surface area contributed by atoms with Crippen molar-refractivity contribution in [3.8, 4) is 0 Å². The Morgan fingerprint density at radius 2 is 2.00 bits per heavy atom. The second-order valence-electron chi connectivity index (χ2n) is 4.70. The van der Waals surface area contributed by atoms with Crippen LogP contribution in [0.5, 0.6) is 0 Å². The van der Waals surface area contributed by atoms with E-state index in [0.29, 0.717) is 24.1 Å². The maximum atomic E-state index is 11.3. The van der Waals surface area contributed by atoms with E-state index in [0.717, 1.165) is 11.3 Å². The smallest absolute Gasteiger partial charge is 0.270 e. The Hall–Kier alpha value is -2.69. The molecule has 0 spiro atoms. The number of nitrogens with zero attached hydrogens (tertiary/aromatic N) is 2. The molecule has 0 unspecified atom stereocenters. The van der Waals surface area contributed by atoms with Crippen molar-refractivity contribution < 1.29 is 9.72 Å². The van der Waals surface area contributed by atoms with Crippen LogP contribution in [0.3, 0.4) is 0 Å². The van der Waals surface area contributed by atoms with Gasteiger partial charge in [0.15, 0.2) is 6.29 Å². The molecule has 0 aliphatic rings. The predicted molar refractivity (Wildman–Crippen MR) is 82.3 cm³/mol. The van der Waals surface area contributed by atoms with Gasteiger partial charge in [-0.25, -0.2) is 0 Å². The molecule has 0 fully saturated rings. The van der Waals surface area contributed by atoms with Gasteiger partial charge >= 0.3 is 0 Å². The Morgan fingerprint density at radius 3 is 2.57 bits per heavy atom. The maximum Gasteiger partial charge on any atom is 0.270 e. The van der Waals surface area contributed by atoms with E-state index < -0.39 is 4.92 Å². The molecule has 0 aromatic heterocycles. The molecule has 21 heavy (non-hydrogen) atoms. The minimum absolute atomic E-state index is 0.0823. The Kier molecular flexibility index (Phi) is 4.33. The van der Waals surface area contributed by atoms with Crippen LogP contribution in [0.1, 0.15) is 22.8 Å². The van der Waals surface area contributed by atoms with E-state index in [2.05, 4.69) is 0 Å². The number of non-ortho nitro benzene ring substituents is 1. The van der Waals surface area contributed by atoms with E-state index in [1.165, 1.54) is 12.1 Å². The first kappa shape index (κ1) is 14.7. The summed E-state index contributed by atoms with van der Waals surface area (Å²) in [4.78, 5) is 23.5. The average molecular weight is 284 g/mol. The summed E-state index contributed by atoms with van der Waals surface area (Å²) in [6, 6.07) is 12.2. The van der Waals surface area contributed by atoms with Crippen molar-refractivity contribution >= 4 is 23.3 Å². The number of carbonyl (C=O) groups is 1. The number of nitro groups is 1. The topological polar surface area (TPSA) is 63.4 Å². The van der Waals surface area contributed by atoms with Gasteiger partial charge in [0.2, 0.25) is 0 Å². The number of anilines is 2. The van der Waals surface area contributed by atoms with Crippen LogP contribution in [0.4, 0.5) is 17.1 Å². The van der Waals surface area contributed by atoms with Crippen molar-refractivity contribution in [3.63, 3.8) is 0 Å². The summed E-state index contributed by atoms with van der Waals surface area (Å²) in [5.74, 6) is 0. The van der Waals surface area contributed by atoms with Crippen LogP contribution >= 0.6 is 0 Å². The van der Waals surface area contributed by atoms with Crippen molar-refractivity contribution in [1.29, 1.82) is 0 Å². The summed E-state index contributed by atoms with van der Waals surface area (Å²) in [5, 5.41) is 10.8. The van der Waals surface area contributed by atoms with Crippen LogP contribution in [-0.2, 0) is 0 Å². The molecule has 0 bridgehead atoms. The van der Waals surface area contributed by atoms with Crippen LogP contribution in [-0.4, -0.2) is 17.8 Å². The fraction of sp³-hybridized carbons (Fsp3) is 0.188. The Morgan fingerprint density at radius 1 is 1.24 bits per heavy atom. The van der Waals surface area contributed by atoms with Crippen molar-refractivity contribution in [2.75, 3.05) is 11.4 Å². The maximum absolute atomic E-state index is 11.3. The summed E-state index contributed by atoms with van der Waals surface area (Å²) in [6.45, 7) is 4.62. The SMILES string of the molecule is CCN(c1cccc(C)c1)c1ccc([N+](=O)[O-])cc1C=O. The highest BCUT2D eigenvalue weighted by Crippen LogP contribution is 2.30. The number of benzene rings is 2. The lowest BCUT2D eigenvalue weighted by Crippen LogP contribution is -2.17. The van der Waals surface area contributed by atoms with Crippen molar-refractivity contribution in [2.24, 2.45) is 0 Å². The normalized spacial score (nSPS) is 10.2. The molecule has 0 radical (unpaired) electrons. The fourth-order valence-electron chi connectivity index (χ4n) is 2.28. The highest BCUT2D eigenvalue weighted by Gasteiger charge is 2.15. The van der Waals surface area contributed by atoms with Crippen molar-refractivity contribution in [3.05, 3.63) is 63.7 Å². The highest BCUT2D eigenvalue weighted by atomic mass is 16.6. The molecule has 2 aromatic rings. The van der Waals surface area contributed by atoms with E-state index in [-0.39, 0.29) is 5.69 Å². The standard InChI is InChI=1S/C16H16N2O3/c1-3-17(14-6-4-5-12(2)9-14)16-8-7-15(18(20)21)10-13(16)11-19/h4-11H,3H2,1-2H3. The number of carbonyl (C=O) groups excluding carboxylic acids is 1. The zero-order valence-electron chi connectivity index (χ0n) is 11.9. The molecule has 5 nitrogen and oxygen atoms in total. The average Bonchev–Trinajstić information content (AvgIpc) is 2.48. The molecule has 2 aromatic carbocycles. The molecule has 0 amide bonds. The minimum atomic E-state index is -0.500. The predicted octanol–water partition coefficient (Wildman–Crippen LogP) is 3.87. The van der Waals surface area contributed by atoms with Crippen LogP contribution < -0.4 is 4.90 Å². The minimum Gasteiger partial charge on any atom is -0.341 e. The zero-order valence-corrected chi connectivity index (χ0v) is 11.9. The number of hydrogen-bond acceptors (Lipinski definition) is 4. The van der Waals surface area contributed by atoms with Crippen LogP contribution in [0.2, 0.25) is 0 Å². The van der Waals surface area contributed by atoms with Gasteiger partial charge < -0.3 is 4.90 Å². The summed E-state index contributed by atoms with van der Waals surface area (Å²) < 4.78 is 0. The second kappa shape index (κ2) is 6.17. The van der Waals surface area contributed by atoms with Crippen LogP contribution in [0.25, 0.3) is 0 Å². The molecule has 2 rings (SSSR count). The fourth-order valence-corrected chi connectivity index (χ4v) is 2.28. The number of nitro benzene ring substituents is 1. The number of rotatable bonds is 5. The van der Waals surface area contributed by atoms with Crippen LogP contribution in [0.15, 0.2) is 42.5 Å². The van der Waals surface area contributed by atoms with Gasteiger partial charge in [-0.2, -0.15) is 0 Å². The second-order valence-corrected chi connectivity index (χ2v) is 4.70. The van der Waals surface area contributed by atoms with E-state index in [4.69, 9.17) is 0 Å². The lowest BCUT2D eigenvalue weighted by molar-refractivity contribution is -0.384. The van der Waals surface area contributed by atoms with Gasteiger partial charge in [-0.3, -0.25) is 14.9 Å². The third-order valence-corrected chi connectivity index (χ3v) is 3.27. The summed E-state index contributed by atoms with van der Waals surface area (Å²) in [7, 11) is 0. The monoisotopic (exact) mass is 284 g/mol. The molecule has 0 heterocycles. The first-order valence-electron chi connectivity index (χ1n) is 6.64. The number of aryl methyl sites for hydroxylation is 1. The van der Waals surface area contributed by atoms with Gasteiger partial charge in [-0.15, -0.1) is 0 Å². The molecule has 0 saturated heterocycles. The molecule has 0 saturated carbocycles. The molecular formula is C16H16N2O3. The van der Waals surface area contributed by atoms with Crippen molar-refractivity contribution in [1.82, 2.24) is 0 Å². The molecule has 0 aliphatic heterocycles. The summed E-state index contributed by atoms with van der Waals surface area (Å²) >= 11 is 0. The summed E-state index contributed by atoms with van der Waals surface area (Å²) in [5.41, 5.74) is 2.97. The van der Waals surface area contributed by atoms with Gasteiger partial charge in [0, 0.05) is 29.9 Å². The van der Waals surface area contributed by atoms with Gasteiger partial charge in [-0.05, 0) is 37.6 Å². The third kappa shape index (κ3) is 3.08. The molecule has 0 atom stereocenters. The highest BCUT2D eigenvalue weighted by molar-refractivity contribution is 5.88.